The Labute approximate surface area is 121 Å². The van der Waals surface area contributed by atoms with E-state index in [1.54, 1.807) is 17.5 Å². The lowest BCUT2D eigenvalue weighted by molar-refractivity contribution is -0.380. The number of hydrogen-bond acceptors (Lipinski definition) is 4. The van der Waals surface area contributed by atoms with Crippen LogP contribution in [0.4, 0.5) is 10.7 Å². The Kier molecular flexibility index (Phi) is 4.21. The van der Waals surface area contributed by atoms with E-state index in [0.717, 1.165) is 27.1 Å². The summed E-state index contributed by atoms with van der Waals surface area (Å²) in [4.78, 5) is 10.2. The molecule has 0 aliphatic carbocycles. The predicted octanol–water partition coefficient (Wildman–Crippen LogP) is 4.68. The van der Waals surface area contributed by atoms with Crippen molar-refractivity contribution in [1.82, 2.24) is 0 Å². The molecule has 0 aliphatic heterocycles. The maximum Gasteiger partial charge on any atom is 0.324 e. The zero-order valence-corrected chi connectivity index (χ0v) is 12.2. The molecule has 0 aliphatic rings. The highest BCUT2D eigenvalue weighted by Gasteiger charge is 2.09. The van der Waals surface area contributed by atoms with Gasteiger partial charge in [0.2, 0.25) is 0 Å². The van der Waals surface area contributed by atoms with Crippen molar-refractivity contribution < 1.29 is 4.92 Å². The van der Waals surface area contributed by atoms with Crippen LogP contribution in [-0.4, -0.2) is 4.92 Å². The average molecular weight is 348 g/mol. The highest BCUT2D eigenvalue weighted by Crippen LogP contribution is 2.27. The Bertz CT molecular complexity index is 588. The number of benzene rings is 1. The fourth-order valence-electron chi connectivity index (χ4n) is 1.38. The van der Waals surface area contributed by atoms with Gasteiger partial charge in [0, 0.05) is 22.5 Å². The normalized spacial score (nSPS) is 10.3. The van der Waals surface area contributed by atoms with Gasteiger partial charge in [-0.05, 0) is 23.8 Å². The van der Waals surface area contributed by atoms with Gasteiger partial charge in [0.25, 0.3) is 0 Å². The molecule has 2 aromatic rings. The quantitative estimate of drug-likeness (QED) is 0.645. The molecule has 4 nitrogen and oxygen atoms in total. The molecule has 1 N–H and O–H groups in total. The molecule has 7 heteroatoms. The molecule has 0 bridgehead atoms. The van der Waals surface area contributed by atoms with Crippen LogP contribution in [0.25, 0.3) is 0 Å². The van der Waals surface area contributed by atoms with Crippen LogP contribution in [-0.2, 0) is 6.54 Å². The number of hydrogen-bond donors (Lipinski definition) is 1. The maximum atomic E-state index is 10.5. The fraction of sp³-hybridized carbons (Fsp3) is 0.0909. The Morgan fingerprint density at radius 1 is 1.44 bits per heavy atom. The Hall–Kier alpha value is -1.11. The molecule has 0 spiro atoms. The zero-order valence-electron chi connectivity index (χ0n) is 9.02. The molecular weight excluding hydrogens is 340 g/mol. The van der Waals surface area contributed by atoms with Crippen LogP contribution in [0.5, 0.6) is 0 Å². The standard InChI is InChI=1S/C11H8BrClN2O2S/c12-8-1-2-10(9(13)4-8)14-5-7-3-11(15(16)17)18-6-7/h1-4,6,14H,5H2. The van der Waals surface area contributed by atoms with Crippen molar-refractivity contribution in [2.24, 2.45) is 0 Å². The largest absolute Gasteiger partial charge is 0.380 e. The molecule has 94 valence electrons. The van der Waals surface area contributed by atoms with Gasteiger partial charge in [0.1, 0.15) is 0 Å². The zero-order chi connectivity index (χ0) is 13.1. The molecule has 0 saturated heterocycles. The van der Waals surface area contributed by atoms with Crippen LogP contribution in [0.1, 0.15) is 5.56 Å². The smallest absolute Gasteiger partial charge is 0.324 e. The van der Waals surface area contributed by atoms with Crippen LogP contribution < -0.4 is 5.32 Å². The number of thiophene rings is 1. The second-order valence-corrected chi connectivity index (χ2v) is 5.74. The Morgan fingerprint density at radius 2 is 2.22 bits per heavy atom. The molecule has 0 radical (unpaired) electrons. The monoisotopic (exact) mass is 346 g/mol. The summed E-state index contributed by atoms with van der Waals surface area (Å²) in [6.07, 6.45) is 0. The molecular formula is C11H8BrClN2O2S. The first-order chi connectivity index (χ1) is 8.56. The fourth-order valence-corrected chi connectivity index (χ4v) is 2.85. The van der Waals surface area contributed by atoms with Crippen molar-refractivity contribution in [3.8, 4) is 0 Å². The molecule has 0 atom stereocenters. The van der Waals surface area contributed by atoms with Crippen LogP contribution in [0.2, 0.25) is 5.02 Å². The van der Waals surface area contributed by atoms with E-state index in [1.165, 1.54) is 0 Å². The summed E-state index contributed by atoms with van der Waals surface area (Å²) in [7, 11) is 0. The first kappa shape index (κ1) is 13.3. The van der Waals surface area contributed by atoms with Gasteiger partial charge in [-0.3, -0.25) is 10.1 Å². The van der Waals surface area contributed by atoms with Gasteiger partial charge in [-0.15, -0.1) is 0 Å². The SMILES string of the molecule is O=[N+]([O-])c1cc(CNc2ccc(Br)cc2Cl)cs1. The van der Waals surface area contributed by atoms with Crippen molar-refractivity contribution in [2.45, 2.75) is 6.54 Å². The third-order valence-corrected chi connectivity index (χ3v) is 3.97. The molecule has 0 unspecified atom stereocenters. The molecule has 1 aromatic carbocycles. The lowest BCUT2D eigenvalue weighted by Crippen LogP contribution is -1.98. The number of rotatable bonds is 4. The van der Waals surface area contributed by atoms with E-state index in [0.29, 0.717) is 11.6 Å². The van der Waals surface area contributed by atoms with Gasteiger partial charge in [0.15, 0.2) is 0 Å². The van der Waals surface area contributed by atoms with Crippen LogP contribution in [0, 0.1) is 10.1 Å². The summed E-state index contributed by atoms with van der Waals surface area (Å²) >= 11 is 10.5. The first-order valence-corrected chi connectivity index (χ1v) is 7.02. The van der Waals surface area contributed by atoms with E-state index in [1.807, 2.05) is 12.1 Å². The first-order valence-electron chi connectivity index (χ1n) is 4.97. The van der Waals surface area contributed by atoms with Crippen LogP contribution >= 0.6 is 38.9 Å². The molecule has 0 fully saturated rings. The second kappa shape index (κ2) is 5.69. The van der Waals surface area contributed by atoms with Gasteiger partial charge < -0.3 is 5.32 Å². The second-order valence-electron chi connectivity index (χ2n) is 3.53. The van der Waals surface area contributed by atoms with Crippen molar-refractivity contribution >= 4 is 49.6 Å². The van der Waals surface area contributed by atoms with E-state index in [2.05, 4.69) is 21.2 Å². The predicted molar refractivity (Wildman–Crippen MR) is 77.5 cm³/mol. The number of nitrogens with one attached hydrogen (secondary N) is 1. The van der Waals surface area contributed by atoms with Gasteiger partial charge in [-0.2, -0.15) is 0 Å². The summed E-state index contributed by atoms with van der Waals surface area (Å²) in [5, 5.41) is 16.2. The minimum atomic E-state index is -0.388. The highest BCUT2D eigenvalue weighted by atomic mass is 79.9. The number of nitro groups is 1. The van der Waals surface area contributed by atoms with Crippen molar-refractivity contribution in [3.05, 3.63) is 54.8 Å². The number of halogens is 2. The lowest BCUT2D eigenvalue weighted by atomic mass is 10.3. The molecule has 1 heterocycles. The van der Waals surface area contributed by atoms with Crippen molar-refractivity contribution in [1.29, 1.82) is 0 Å². The molecule has 0 saturated carbocycles. The summed E-state index contributed by atoms with van der Waals surface area (Å²) in [6, 6.07) is 7.09. The summed E-state index contributed by atoms with van der Waals surface area (Å²) in [5.41, 5.74) is 1.67. The van der Waals surface area contributed by atoms with E-state index >= 15 is 0 Å². The third-order valence-electron chi connectivity index (χ3n) is 2.23. The van der Waals surface area contributed by atoms with Crippen molar-refractivity contribution in [3.63, 3.8) is 0 Å². The van der Waals surface area contributed by atoms with Gasteiger partial charge in [-0.25, -0.2) is 0 Å². The summed E-state index contributed by atoms with van der Waals surface area (Å²) in [6.45, 7) is 0.506. The van der Waals surface area contributed by atoms with E-state index < -0.39 is 0 Å². The summed E-state index contributed by atoms with van der Waals surface area (Å²) in [5.74, 6) is 0. The van der Waals surface area contributed by atoms with Gasteiger partial charge in [-0.1, -0.05) is 38.9 Å². The van der Waals surface area contributed by atoms with Crippen LogP contribution in [0.3, 0.4) is 0 Å². The van der Waals surface area contributed by atoms with Crippen molar-refractivity contribution in [2.75, 3.05) is 5.32 Å². The lowest BCUT2D eigenvalue weighted by Gasteiger charge is -2.07. The van der Waals surface area contributed by atoms with Crippen LogP contribution in [0.15, 0.2) is 34.1 Å². The molecule has 0 amide bonds. The third kappa shape index (κ3) is 3.22. The maximum absolute atomic E-state index is 10.5. The van der Waals surface area contributed by atoms with E-state index in [-0.39, 0.29) is 9.92 Å². The van der Waals surface area contributed by atoms with E-state index in [9.17, 15) is 10.1 Å². The van der Waals surface area contributed by atoms with E-state index in [4.69, 9.17) is 11.6 Å². The summed E-state index contributed by atoms with van der Waals surface area (Å²) < 4.78 is 0.907. The van der Waals surface area contributed by atoms with Gasteiger partial charge >= 0.3 is 5.00 Å². The molecule has 1 aromatic heterocycles. The highest BCUT2D eigenvalue weighted by molar-refractivity contribution is 9.10. The number of nitrogens with zero attached hydrogens (tertiary/aromatic N) is 1. The molecule has 2 rings (SSSR count). The minimum absolute atomic E-state index is 0.147. The minimum Gasteiger partial charge on any atom is -0.380 e. The average Bonchev–Trinajstić information content (AvgIpc) is 2.76. The Balaban J connectivity index is 2.04. The number of anilines is 1. The molecule has 18 heavy (non-hydrogen) atoms. The topological polar surface area (TPSA) is 55.2 Å². The Morgan fingerprint density at radius 3 is 2.83 bits per heavy atom. The van der Waals surface area contributed by atoms with Gasteiger partial charge in [0.05, 0.1) is 15.6 Å².